The molecular formula is C28H38N6O2. The van der Waals surface area contributed by atoms with Crippen LogP contribution in [0.4, 0.5) is 5.82 Å². The van der Waals surface area contributed by atoms with Gasteiger partial charge in [-0.05, 0) is 56.9 Å². The molecule has 1 aromatic carbocycles. The largest absolute Gasteiger partial charge is 0.378 e. The number of ether oxygens (including phenoxy) is 1. The average molecular weight is 491 g/mol. The van der Waals surface area contributed by atoms with E-state index in [9.17, 15) is 4.79 Å². The predicted octanol–water partition coefficient (Wildman–Crippen LogP) is 4.35. The van der Waals surface area contributed by atoms with Crippen LogP contribution in [0.5, 0.6) is 0 Å². The van der Waals surface area contributed by atoms with Gasteiger partial charge in [-0.1, -0.05) is 44.2 Å². The molecule has 1 aliphatic rings. The van der Waals surface area contributed by atoms with Crippen molar-refractivity contribution < 1.29 is 9.53 Å². The topological polar surface area (TPSA) is 94.0 Å². The summed E-state index contributed by atoms with van der Waals surface area (Å²) in [6, 6.07) is 12.1. The first-order chi connectivity index (χ1) is 17.5. The Bertz CT molecular complexity index is 1090. The Labute approximate surface area is 213 Å². The van der Waals surface area contributed by atoms with Crippen molar-refractivity contribution in [2.45, 2.75) is 77.5 Å². The first-order valence-corrected chi connectivity index (χ1v) is 13.1. The number of nitrogens with zero attached hydrogens (tertiary/aromatic N) is 4. The summed E-state index contributed by atoms with van der Waals surface area (Å²) >= 11 is 0. The number of hydrogen-bond acceptors (Lipinski definition) is 6. The number of aromatic nitrogens is 4. The van der Waals surface area contributed by atoms with Gasteiger partial charge in [0.05, 0.1) is 6.10 Å². The van der Waals surface area contributed by atoms with E-state index in [1.165, 1.54) is 5.56 Å². The summed E-state index contributed by atoms with van der Waals surface area (Å²) in [6.45, 7) is 6.99. The predicted molar refractivity (Wildman–Crippen MR) is 141 cm³/mol. The van der Waals surface area contributed by atoms with Crippen molar-refractivity contribution in [1.29, 1.82) is 0 Å². The van der Waals surface area contributed by atoms with Gasteiger partial charge in [0.2, 0.25) is 11.9 Å². The third-order valence-electron chi connectivity index (χ3n) is 6.49. The van der Waals surface area contributed by atoms with Crippen LogP contribution < -0.4 is 10.6 Å². The summed E-state index contributed by atoms with van der Waals surface area (Å²) in [6.07, 6.45) is 10.6. The van der Waals surface area contributed by atoms with Crippen LogP contribution in [0.2, 0.25) is 0 Å². The zero-order valence-corrected chi connectivity index (χ0v) is 21.6. The highest BCUT2D eigenvalue weighted by Gasteiger charge is 2.29. The Morgan fingerprint density at radius 1 is 1.17 bits per heavy atom. The Morgan fingerprint density at radius 3 is 2.72 bits per heavy atom. The summed E-state index contributed by atoms with van der Waals surface area (Å²) in [5.74, 6) is 1.55. The van der Waals surface area contributed by atoms with Crippen LogP contribution in [-0.2, 0) is 22.4 Å². The van der Waals surface area contributed by atoms with E-state index in [0.717, 1.165) is 37.8 Å². The SMILES string of the molecule is CCOC1CCC(NC(=O)C(CC(C)C)Nc2cc(CCc3ccccc3)nc(-n3ccnc3)n2)C1. The Morgan fingerprint density at radius 2 is 2.00 bits per heavy atom. The van der Waals surface area contributed by atoms with Gasteiger partial charge in [0.25, 0.3) is 0 Å². The van der Waals surface area contributed by atoms with Crippen molar-refractivity contribution in [2.75, 3.05) is 11.9 Å². The van der Waals surface area contributed by atoms with Crippen LogP contribution in [0.3, 0.4) is 0 Å². The number of amides is 1. The second-order valence-corrected chi connectivity index (χ2v) is 9.92. The van der Waals surface area contributed by atoms with Gasteiger partial charge in [-0.2, -0.15) is 4.98 Å². The number of nitrogens with one attached hydrogen (secondary N) is 2. The number of benzene rings is 1. The van der Waals surface area contributed by atoms with Crippen molar-refractivity contribution in [3.8, 4) is 5.95 Å². The van der Waals surface area contributed by atoms with E-state index in [4.69, 9.17) is 14.7 Å². The molecule has 36 heavy (non-hydrogen) atoms. The number of hydrogen-bond donors (Lipinski definition) is 2. The molecular weight excluding hydrogens is 452 g/mol. The molecule has 1 aliphatic carbocycles. The molecule has 3 atom stereocenters. The number of anilines is 1. The first kappa shape index (κ1) is 25.8. The molecule has 3 aromatic rings. The van der Waals surface area contributed by atoms with Gasteiger partial charge in [0.15, 0.2) is 0 Å². The summed E-state index contributed by atoms with van der Waals surface area (Å²) in [5.41, 5.74) is 2.17. The highest BCUT2D eigenvalue weighted by Crippen LogP contribution is 2.23. The Balaban J connectivity index is 1.51. The fraction of sp³-hybridized carbons (Fsp3) is 0.500. The molecule has 3 unspecified atom stereocenters. The molecule has 8 nitrogen and oxygen atoms in total. The second kappa shape index (κ2) is 12.6. The highest BCUT2D eigenvalue weighted by atomic mass is 16.5. The number of aryl methyl sites for hydroxylation is 2. The fourth-order valence-corrected chi connectivity index (χ4v) is 4.74. The van der Waals surface area contributed by atoms with E-state index < -0.39 is 0 Å². The zero-order valence-electron chi connectivity index (χ0n) is 21.6. The van der Waals surface area contributed by atoms with Crippen LogP contribution in [0.15, 0.2) is 55.1 Å². The minimum absolute atomic E-state index is 0.0134. The van der Waals surface area contributed by atoms with E-state index in [1.54, 1.807) is 17.1 Å². The molecule has 0 spiro atoms. The van der Waals surface area contributed by atoms with Gasteiger partial charge in [-0.3, -0.25) is 9.36 Å². The number of carbonyl (C=O) groups excluding carboxylic acids is 1. The van der Waals surface area contributed by atoms with Gasteiger partial charge in [-0.15, -0.1) is 0 Å². The van der Waals surface area contributed by atoms with E-state index in [-0.39, 0.29) is 24.1 Å². The lowest BCUT2D eigenvalue weighted by Crippen LogP contribution is -2.44. The van der Waals surface area contributed by atoms with Gasteiger partial charge < -0.3 is 15.4 Å². The lowest BCUT2D eigenvalue weighted by Gasteiger charge is -2.23. The number of rotatable bonds is 12. The van der Waals surface area contributed by atoms with E-state index in [0.29, 0.717) is 30.7 Å². The molecule has 1 amide bonds. The third-order valence-corrected chi connectivity index (χ3v) is 6.49. The fourth-order valence-electron chi connectivity index (χ4n) is 4.74. The molecule has 0 saturated heterocycles. The molecule has 1 saturated carbocycles. The molecule has 1 fully saturated rings. The Hall–Kier alpha value is -3.26. The molecule has 2 aromatic heterocycles. The van der Waals surface area contributed by atoms with Crippen molar-refractivity contribution in [2.24, 2.45) is 5.92 Å². The summed E-state index contributed by atoms with van der Waals surface area (Å²) in [7, 11) is 0. The Kier molecular flexibility index (Phi) is 9.06. The van der Waals surface area contributed by atoms with Crippen molar-refractivity contribution >= 4 is 11.7 Å². The van der Waals surface area contributed by atoms with Gasteiger partial charge in [0, 0.05) is 36.8 Å². The van der Waals surface area contributed by atoms with E-state index in [2.05, 4.69) is 53.7 Å². The lowest BCUT2D eigenvalue weighted by atomic mass is 10.0. The molecule has 2 N–H and O–H groups in total. The van der Waals surface area contributed by atoms with Crippen molar-refractivity contribution in [3.63, 3.8) is 0 Å². The monoisotopic (exact) mass is 490 g/mol. The summed E-state index contributed by atoms with van der Waals surface area (Å²) < 4.78 is 7.55. The minimum Gasteiger partial charge on any atom is -0.378 e. The van der Waals surface area contributed by atoms with Gasteiger partial charge in [0.1, 0.15) is 18.2 Å². The van der Waals surface area contributed by atoms with Crippen LogP contribution >= 0.6 is 0 Å². The summed E-state index contributed by atoms with van der Waals surface area (Å²) in [5, 5.41) is 6.69. The molecule has 4 rings (SSSR count). The average Bonchev–Trinajstić information content (AvgIpc) is 3.56. The van der Waals surface area contributed by atoms with E-state index in [1.807, 2.05) is 25.3 Å². The van der Waals surface area contributed by atoms with Crippen LogP contribution in [0, 0.1) is 5.92 Å². The second-order valence-electron chi connectivity index (χ2n) is 9.92. The smallest absolute Gasteiger partial charge is 0.242 e. The molecule has 0 bridgehead atoms. The molecule has 8 heteroatoms. The normalized spacial score (nSPS) is 18.3. The van der Waals surface area contributed by atoms with E-state index >= 15 is 0 Å². The highest BCUT2D eigenvalue weighted by molar-refractivity contribution is 5.84. The first-order valence-electron chi connectivity index (χ1n) is 13.1. The van der Waals surface area contributed by atoms with Crippen molar-refractivity contribution in [3.05, 3.63) is 66.4 Å². The van der Waals surface area contributed by atoms with Gasteiger partial charge >= 0.3 is 0 Å². The number of imidazole rings is 1. The summed E-state index contributed by atoms with van der Waals surface area (Å²) in [4.78, 5) is 27.0. The minimum atomic E-state index is -0.386. The maximum Gasteiger partial charge on any atom is 0.242 e. The standard InChI is InChI=1S/C28H38N6O2/c1-4-36-24-13-12-22(17-24)30-27(35)25(16-20(2)3)32-26-18-23(11-10-21-8-6-5-7-9-21)31-28(33-26)34-15-14-29-19-34/h5-9,14-15,18-20,22,24-25H,4,10-13,16-17H2,1-3H3,(H,30,35)(H,31,32,33). The molecule has 0 aliphatic heterocycles. The molecule has 192 valence electrons. The quantitative estimate of drug-likeness (QED) is 0.392. The lowest BCUT2D eigenvalue weighted by molar-refractivity contribution is -0.122. The van der Waals surface area contributed by atoms with Crippen LogP contribution in [0.25, 0.3) is 5.95 Å². The maximum absolute atomic E-state index is 13.3. The molecule has 2 heterocycles. The number of carbonyl (C=O) groups is 1. The van der Waals surface area contributed by atoms with Crippen molar-refractivity contribution in [1.82, 2.24) is 24.8 Å². The van der Waals surface area contributed by atoms with Crippen LogP contribution in [0.1, 0.15) is 57.7 Å². The maximum atomic E-state index is 13.3. The molecule has 0 radical (unpaired) electrons. The zero-order chi connectivity index (χ0) is 25.3. The third kappa shape index (κ3) is 7.37. The van der Waals surface area contributed by atoms with Crippen LogP contribution in [-0.4, -0.2) is 50.2 Å². The van der Waals surface area contributed by atoms with Gasteiger partial charge in [-0.25, -0.2) is 9.97 Å².